The van der Waals surface area contributed by atoms with E-state index in [0.29, 0.717) is 11.8 Å². The van der Waals surface area contributed by atoms with Gasteiger partial charge < -0.3 is 9.47 Å². The molecule has 0 fully saturated rings. The lowest BCUT2D eigenvalue weighted by Gasteiger charge is -2.16. The van der Waals surface area contributed by atoms with Crippen LogP contribution in [0, 0.1) is 0 Å². The molecular formula is C16H26O2. The van der Waals surface area contributed by atoms with Gasteiger partial charge in [-0.05, 0) is 29.0 Å². The number of hydrogen-bond donors (Lipinski definition) is 0. The topological polar surface area (TPSA) is 18.5 Å². The molecule has 0 aliphatic rings. The number of rotatable bonds is 7. The molecule has 0 atom stereocenters. The predicted molar refractivity (Wildman–Crippen MR) is 76.6 cm³/mol. The monoisotopic (exact) mass is 250 g/mol. The molecule has 0 heterocycles. The molecule has 0 saturated heterocycles. The molecule has 0 N–H and O–H groups in total. The second-order valence-electron chi connectivity index (χ2n) is 5.30. The zero-order valence-corrected chi connectivity index (χ0v) is 12.3. The summed E-state index contributed by atoms with van der Waals surface area (Å²) >= 11 is 0. The number of methoxy groups -OCH3 is 1. The zero-order valence-electron chi connectivity index (χ0n) is 12.3. The summed E-state index contributed by atoms with van der Waals surface area (Å²) in [5.74, 6) is 2.06. The second-order valence-corrected chi connectivity index (χ2v) is 5.30. The van der Waals surface area contributed by atoms with Crippen molar-refractivity contribution in [1.82, 2.24) is 0 Å². The highest BCUT2D eigenvalue weighted by Gasteiger charge is 2.10. The van der Waals surface area contributed by atoms with Crippen LogP contribution in [0.25, 0.3) is 0 Å². The summed E-state index contributed by atoms with van der Waals surface area (Å²) < 4.78 is 11.0. The zero-order chi connectivity index (χ0) is 13.5. The summed E-state index contributed by atoms with van der Waals surface area (Å²) in [6.45, 7) is 10.3. The average Bonchev–Trinajstić information content (AvgIpc) is 2.34. The minimum absolute atomic E-state index is 0.489. The van der Waals surface area contributed by atoms with Gasteiger partial charge in [-0.25, -0.2) is 0 Å². The second kappa shape index (κ2) is 7.42. The van der Waals surface area contributed by atoms with Crippen molar-refractivity contribution in [1.29, 1.82) is 0 Å². The van der Waals surface area contributed by atoms with Gasteiger partial charge in [0.25, 0.3) is 0 Å². The minimum atomic E-state index is 0.489. The number of ether oxygens (including phenoxy) is 2. The molecule has 1 rings (SSSR count). The van der Waals surface area contributed by atoms with E-state index in [2.05, 4.69) is 45.9 Å². The summed E-state index contributed by atoms with van der Waals surface area (Å²) in [5.41, 5.74) is 2.62. The van der Waals surface area contributed by atoms with E-state index in [9.17, 15) is 0 Å². The Morgan fingerprint density at radius 1 is 1.00 bits per heavy atom. The van der Waals surface area contributed by atoms with Crippen LogP contribution >= 0.6 is 0 Å². The molecular weight excluding hydrogens is 224 g/mol. The lowest BCUT2D eigenvalue weighted by atomic mass is 9.96. The van der Waals surface area contributed by atoms with Gasteiger partial charge in [0.15, 0.2) is 0 Å². The van der Waals surface area contributed by atoms with Gasteiger partial charge in [-0.1, -0.05) is 39.8 Å². The number of hydrogen-bond acceptors (Lipinski definition) is 2. The fourth-order valence-electron chi connectivity index (χ4n) is 1.90. The Kier molecular flexibility index (Phi) is 6.20. The highest BCUT2D eigenvalue weighted by Crippen LogP contribution is 2.30. The third-order valence-electron chi connectivity index (χ3n) is 3.08. The van der Waals surface area contributed by atoms with Crippen LogP contribution in [0.4, 0.5) is 0 Å². The first kappa shape index (κ1) is 15.0. The molecule has 0 spiro atoms. The smallest absolute Gasteiger partial charge is 0.123 e. The van der Waals surface area contributed by atoms with E-state index < -0.39 is 0 Å². The van der Waals surface area contributed by atoms with Crippen molar-refractivity contribution in [2.75, 3.05) is 20.3 Å². The van der Waals surface area contributed by atoms with Crippen LogP contribution in [0.3, 0.4) is 0 Å². The maximum absolute atomic E-state index is 5.91. The first-order valence-corrected chi connectivity index (χ1v) is 6.81. The predicted octanol–water partition coefficient (Wildman–Crippen LogP) is 4.35. The van der Waals surface area contributed by atoms with Crippen molar-refractivity contribution in [3.05, 3.63) is 29.3 Å². The van der Waals surface area contributed by atoms with Gasteiger partial charge in [0.05, 0.1) is 6.61 Å². The van der Waals surface area contributed by atoms with Crippen molar-refractivity contribution in [3.8, 4) is 5.75 Å². The lowest BCUT2D eigenvalue weighted by Crippen LogP contribution is -2.05. The first-order chi connectivity index (χ1) is 8.56. The molecule has 1 aromatic rings. The van der Waals surface area contributed by atoms with Crippen LogP contribution < -0.4 is 4.74 Å². The van der Waals surface area contributed by atoms with Crippen LogP contribution in [-0.4, -0.2) is 20.3 Å². The van der Waals surface area contributed by atoms with Crippen molar-refractivity contribution in [2.24, 2.45) is 0 Å². The quantitative estimate of drug-likeness (QED) is 0.670. The largest absolute Gasteiger partial charge is 0.493 e. The Labute approximate surface area is 111 Å². The molecule has 0 aromatic heterocycles. The standard InChI is InChI=1S/C16H26O2/c1-12(2)14-7-8-15(13(3)4)16(11-14)18-10-6-9-17-5/h7-8,11-13H,6,9-10H2,1-5H3. The van der Waals surface area contributed by atoms with Crippen molar-refractivity contribution >= 4 is 0 Å². The summed E-state index contributed by atoms with van der Waals surface area (Å²) in [6.07, 6.45) is 0.930. The molecule has 2 nitrogen and oxygen atoms in total. The van der Waals surface area contributed by atoms with Gasteiger partial charge in [0.1, 0.15) is 5.75 Å². The fourth-order valence-corrected chi connectivity index (χ4v) is 1.90. The van der Waals surface area contributed by atoms with Crippen molar-refractivity contribution < 1.29 is 9.47 Å². The highest BCUT2D eigenvalue weighted by atomic mass is 16.5. The highest BCUT2D eigenvalue weighted by molar-refractivity contribution is 5.40. The van der Waals surface area contributed by atoms with Gasteiger partial charge in [-0.3, -0.25) is 0 Å². The van der Waals surface area contributed by atoms with Gasteiger partial charge in [-0.2, -0.15) is 0 Å². The van der Waals surface area contributed by atoms with E-state index in [1.165, 1.54) is 11.1 Å². The molecule has 0 radical (unpaired) electrons. The maximum Gasteiger partial charge on any atom is 0.123 e. The van der Waals surface area contributed by atoms with Crippen LogP contribution in [0.2, 0.25) is 0 Å². The first-order valence-electron chi connectivity index (χ1n) is 6.81. The average molecular weight is 250 g/mol. The molecule has 102 valence electrons. The summed E-state index contributed by atoms with van der Waals surface area (Å²) in [4.78, 5) is 0. The van der Waals surface area contributed by atoms with Crippen LogP contribution in [0.1, 0.15) is 57.1 Å². The van der Waals surface area contributed by atoms with E-state index in [1.54, 1.807) is 7.11 Å². The summed E-state index contributed by atoms with van der Waals surface area (Å²) in [6, 6.07) is 6.60. The Morgan fingerprint density at radius 3 is 2.28 bits per heavy atom. The fraction of sp³-hybridized carbons (Fsp3) is 0.625. The van der Waals surface area contributed by atoms with E-state index >= 15 is 0 Å². The molecule has 0 unspecified atom stereocenters. The van der Waals surface area contributed by atoms with Crippen LogP contribution in [-0.2, 0) is 4.74 Å². The van der Waals surface area contributed by atoms with Crippen molar-refractivity contribution in [3.63, 3.8) is 0 Å². The van der Waals surface area contributed by atoms with E-state index in [-0.39, 0.29) is 0 Å². The van der Waals surface area contributed by atoms with E-state index in [1.807, 2.05) is 0 Å². The van der Waals surface area contributed by atoms with Crippen molar-refractivity contribution in [2.45, 2.75) is 46.0 Å². The van der Waals surface area contributed by atoms with Gasteiger partial charge in [-0.15, -0.1) is 0 Å². The van der Waals surface area contributed by atoms with Gasteiger partial charge in [0.2, 0.25) is 0 Å². The molecule has 2 heteroatoms. The SMILES string of the molecule is COCCCOc1cc(C(C)C)ccc1C(C)C. The Hall–Kier alpha value is -1.02. The molecule has 0 saturated carbocycles. The Morgan fingerprint density at radius 2 is 1.72 bits per heavy atom. The molecule has 0 bridgehead atoms. The third kappa shape index (κ3) is 4.34. The Balaban J connectivity index is 2.79. The van der Waals surface area contributed by atoms with Crippen LogP contribution in [0.15, 0.2) is 18.2 Å². The van der Waals surface area contributed by atoms with E-state index in [4.69, 9.17) is 9.47 Å². The molecule has 1 aromatic carbocycles. The summed E-state index contributed by atoms with van der Waals surface area (Å²) in [5, 5.41) is 0. The van der Waals surface area contributed by atoms with Gasteiger partial charge >= 0.3 is 0 Å². The number of benzene rings is 1. The van der Waals surface area contributed by atoms with Crippen LogP contribution in [0.5, 0.6) is 5.75 Å². The molecule has 0 aliphatic heterocycles. The Bertz CT molecular complexity index is 356. The third-order valence-corrected chi connectivity index (χ3v) is 3.08. The maximum atomic E-state index is 5.91. The lowest BCUT2D eigenvalue weighted by molar-refractivity contribution is 0.171. The van der Waals surface area contributed by atoms with E-state index in [0.717, 1.165) is 25.4 Å². The normalized spacial score (nSPS) is 11.3. The summed E-state index contributed by atoms with van der Waals surface area (Å²) in [7, 11) is 1.72. The minimum Gasteiger partial charge on any atom is -0.493 e. The molecule has 0 aliphatic carbocycles. The van der Waals surface area contributed by atoms with Gasteiger partial charge in [0, 0.05) is 20.1 Å². The molecule has 18 heavy (non-hydrogen) atoms. The molecule has 0 amide bonds.